The van der Waals surface area contributed by atoms with Crippen LogP contribution >= 0.6 is 45.2 Å². The summed E-state index contributed by atoms with van der Waals surface area (Å²) in [7, 11) is 0. The smallest absolute Gasteiger partial charge is 0.507 e. The van der Waals surface area contributed by atoms with Crippen LogP contribution in [0.25, 0.3) is 0 Å². The molecule has 0 aromatic heterocycles. The molecule has 0 radical (unpaired) electrons. The largest absolute Gasteiger partial charge is 0.508 e. The van der Waals surface area contributed by atoms with Gasteiger partial charge in [0.15, 0.2) is 0 Å². The second kappa shape index (κ2) is 42.0. The third kappa shape index (κ3) is 31.4. The first-order valence-corrected chi connectivity index (χ1v) is 20.7. The number of terminal acetylenes is 1. The molecular formula is C47H64I2O10. The summed E-state index contributed by atoms with van der Waals surface area (Å²) >= 11 is 4.27. The molecule has 0 atom stereocenters. The van der Waals surface area contributed by atoms with E-state index in [4.69, 9.17) is 41.1 Å². The second-order valence-electron chi connectivity index (χ2n) is 11.0. The van der Waals surface area contributed by atoms with Gasteiger partial charge in [-0.1, -0.05) is 108 Å². The van der Waals surface area contributed by atoms with E-state index in [2.05, 4.69) is 85.4 Å². The molecule has 0 saturated carbocycles. The number of cyclic esters (lactones) is 2. The molecule has 1 aliphatic heterocycles. The average molecular weight is 1040 g/mol. The minimum atomic E-state index is -0.546. The van der Waals surface area contributed by atoms with Crippen LogP contribution < -0.4 is 14.2 Å². The van der Waals surface area contributed by atoms with Crippen LogP contribution in [-0.4, -0.2) is 79.4 Å². The fourth-order valence-electron chi connectivity index (χ4n) is 3.87. The summed E-state index contributed by atoms with van der Waals surface area (Å²) in [5, 5.41) is 34.7. The SMILES string of the molecule is C.C.C#CCC.CCC#Cc1ccccc1OCCO.CCCCc1ccccc1OCCO.O=C1OCCO1.OCCOc1ccccc1I.Oc1ccccc1I. The zero-order valence-electron chi connectivity index (χ0n) is 33.0. The van der Waals surface area contributed by atoms with Crippen molar-refractivity contribution in [2.45, 2.75) is 67.7 Å². The number of carbonyl (C=O) groups excluding carboxylic acids is 1. The minimum absolute atomic E-state index is 0. The molecule has 59 heavy (non-hydrogen) atoms. The Morgan fingerprint density at radius 3 is 1.56 bits per heavy atom. The van der Waals surface area contributed by atoms with Crippen LogP contribution in [0.1, 0.15) is 72.4 Å². The number of unbranched alkanes of at least 4 members (excludes halogenated alkanes) is 1. The number of benzene rings is 4. The number of phenolic OH excluding ortho intramolecular Hbond substituents is 1. The molecule has 0 amide bonds. The van der Waals surface area contributed by atoms with E-state index >= 15 is 0 Å². The Labute approximate surface area is 380 Å². The molecule has 10 nitrogen and oxygen atoms in total. The lowest BCUT2D eigenvalue weighted by molar-refractivity contribution is 0.131. The summed E-state index contributed by atoms with van der Waals surface area (Å²) in [5.41, 5.74) is 2.12. The highest BCUT2D eigenvalue weighted by Gasteiger charge is 2.09. The van der Waals surface area contributed by atoms with Crippen molar-refractivity contribution in [2.75, 3.05) is 52.9 Å². The lowest BCUT2D eigenvalue weighted by Gasteiger charge is -2.09. The van der Waals surface area contributed by atoms with Gasteiger partial charge in [0.2, 0.25) is 0 Å². The molecule has 0 spiro atoms. The van der Waals surface area contributed by atoms with Crippen LogP contribution in [0, 0.1) is 31.3 Å². The molecule has 4 N–H and O–H groups in total. The molecule has 0 bridgehead atoms. The lowest BCUT2D eigenvalue weighted by atomic mass is 10.1. The maximum atomic E-state index is 9.80. The topological polar surface area (TPSA) is 144 Å². The van der Waals surface area contributed by atoms with Gasteiger partial charge < -0.3 is 44.1 Å². The van der Waals surface area contributed by atoms with Crippen LogP contribution in [0.3, 0.4) is 0 Å². The Hall–Kier alpha value is -4.19. The molecule has 1 aliphatic rings. The second-order valence-corrected chi connectivity index (χ2v) is 13.3. The van der Waals surface area contributed by atoms with E-state index in [1.807, 2.05) is 92.7 Å². The van der Waals surface area contributed by atoms with Crippen molar-refractivity contribution >= 4 is 51.3 Å². The van der Waals surface area contributed by atoms with Gasteiger partial charge in [-0.3, -0.25) is 0 Å². The number of ether oxygens (including phenoxy) is 5. The van der Waals surface area contributed by atoms with Crippen LogP contribution in [0.4, 0.5) is 4.79 Å². The predicted octanol–water partition coefficient (Wildman–Crippen LogP) is 10.3. The molecule has 4 aromatic rings. The first-order chi connectivity index (χ1) is 27.7. The highest BCUT2D eigenvalue weighted by atomic mass is 127. The Kier molecular flexibility index (Phi) is 42.0. The molecule has 12 heteroatoms. The predicted molar refractivity (Wildman–Crippen MR) is 256 cm³/mol. The summed E-state index contributed by atoms with van der Waals surface area (Å²) in [6.45, 7) is 8.16. The molecule has 326 valence electrons. The summed E-state index contributed by atoms with van der Waals surface area (Å²) in [6, 6.07) is 30.5. The fourth-order valence-corrected chi connectivity index (χ4v) is 4.80. The molecule has 0 aliphatic carbocycles. The Morgan fingerprint density at radius 1 is 0.661 bits per heavy atom. The number of hydrogen-bond donors (Lipinski definition) is 4. The summed E-state index contributed by atoms with van der Waals surface area (Å²) in [5.74, 6) is 11.3. The van der Waals surface area contributed by atoms with Crippen LogP contribution in [0.15, 0.2) is 97.1 Å². The number of aryl methyl sites for hydroxylation is 1. The van der Waals surface area contributed by atoms with E-state index in [1.165, 1.54) is 18.4 Å². The Balaban J connectivity index is -0.000000659. The van der Waals surface area contributed by atoms with Gasteiger partial charge in [-0.05, 0) is 106 Å². The molecular weight excluding hydrogens is 978 g/mol. The first kappa shape index (κ1) is 59.1. The highest BCUT2D eigenvalue weighted by Crippen LogP contribution is 2.21. The van der Waals surface area contributed by atoms with Crippen LogP contribution in [-0.2, 0) is 15.9 Å². The summed E-state index contributed by atoms with van der Waals surface area (Å²) in [6.07, 6.45) is 9.33. The Bertz CT molecular complexity index is 1660. The number of aliphatic hydroxyl groups is 3. The van der Waals surface area contributed by atoms with Crippen molar-refractivity contribution in [2.24, 2.45) is 0 Å². The fraction of sp³-hybridized carbons (Fsp3) is 0.383. The number of halogens is 2. The zero-order chi connectivity index (χ0) is 42.4. The van der Waals surface area contributed by atoms with Crippen molar-refractivity contribution in [3.8, 4) is 47.2 Å². The third-order valence-corrected chi connectivity index (χ3v) is 8.33. The van der Waals surface area contributed by atoms with E-state index in [0.29, 0.717) is 38.8 Å². The maximum absolute atomic E-state index is 9.80. The van der Waals surface area contributed by atoms with Crippen LogP contribution in [0.5, 0.6) is 23.0 Å². The zero-order valence-corrected chi connectivity index (χ0v) is 37.3. The number of hydrogen-bond acceptors (Lipinski definition) is 10. The molecule has 1 fully saturated rings. The molecule has 4 aromatic carbocycles. The first-order valence-electron chi connectivity index (χ1n) is 18.5. The van der Waals surface area contributed by atoms with Gasteiger partial charge >= 0.3 is 6.16 Å². The number of aliphatic hydroxyl groups excluding tert-OH is 3. The molecule has 0 unspecified atom stereocenters. The standard InChI is InChI=1S/C12H18O2.C12H14O2.C8H9IO2.C6H5IO.C4H6.C3H4O3.2CH4/c2*1-2-3-6-11-7-4-5-8-12(11)14-10-9-13;9-7-3-1-2-4-8(7)11-6-5-10;7-5-3-1-2-4-6(5)8;1-3-4-2;4-3-5-1-2-6-3;;/h4-5,7-8,13H,2-3,6,9-10H2,1H3;4-5,7-8,13H,2,9-10H2,1H3;1-4,10H,5-6H2;1-4,8H;1H,4H2,2H3;1-2H2;2*1H4. The van der Waals surface area contributed by atoms with Gasteiger partial charge in [-0.2, -0.15) is 0 Å². The van der Waals surface area contributed by atoms with Crippen molar-refractivity contribution < 1.29 is 48.9 Å². The van der Waals surface area contributed by atoms with E-state index in [0.717, 1.165) is 49.2 Å². The molecule has 5 rings (SSSR count). The number of phenols is 1. The quantitative estimate of drug-likeness (QED) is 0.0615. The number of aromatic hydroxyl groups is 1. The average Bonchev–Trinajstić information content (AvgIpc) is 3.73. The van der Waals surface area contributed by atoms with Crippen molar-refractivity contribution in [3.05, 3.63) is 115 Å². The summed E-state index contributed by atoms with van der Waals surface area (Å²) < 4.78 is 26.5. The third-order valence-electron chi connectivity index (χ3n) is 6.52. The molecule has 1 heterocycles. The van der Waals surface area contributed by atoms with Gasteiger partial charge in [0.1, 0.15) is 56.0 Å². The monoisotopic (exact) mass is 1040 g/mol. The molecule has 1 saturated heterocycles. The van der Waals surface area contributed by atoms with Gasteiger partial charge in [0, 0.05) is 12.8 Å². The summed E-state index contributed by atoms with van der Waals surface area (Å²) in [4.78, 5) is 9.80. The lowest BCUT2D eigenvalue weighted by Crippen LogP contribution is -2.03. The number of carbonyl (C=O) groups is 1. The van der Waals surface area contributed by atoms with Crippen molar-refractivity contribution in [3.63, 3.8) is 0 Å². The minimum Gasteiger partial charge on any atom is -0.507 e. The maximum Gasteiger partial charge on any atom is 0.508 e. The number of rotatable bonds is 12. The normalized spacial score (nSPS) is 9.92. The van der Waals surface area contributed by atoms with E-state index in [-0.39, 0.29) is 34.7 Å². The Morgan fingerprint density at radius 2 is 1.12 bits per heavy atom. The van der Waals surface area contributed by atoms with E-state index < -0.39 is 6.16 Å². The van der Waals surface area contributed by atoms with E-state index in [1.54, 1.807) is 12.1 Å². The van der Waals surface area contributed by atoms with E-state index in [9.17, 15) is 4.79 Å². The van der Waals surface area contributed by atoms with Crippen LogP contribution in [0.2, 0.25) is 0 Å². The van der Waals surface area contributed by atoms with Gasteiger partial charge in [0.05, 0.1) is 32.5 Å². The van der Waals surface area contributed by atoms with Gasteiger partial charge in [-0.25, -0.2) is 4.79 Å². The number of para-hydroxylation sites is 4. The van der Waals surface area contributed by atoms with Crippen molar-refractivity contribution in [1.82, 2.24) is 0 Å². The van der Waals surface area contributed by atoms with Gasteiger partial charge in [-0.15, -0.1) is 12.3 Å². The van der Waals surface area contributed by atoms with Gasteiger partial charge in [0.25, 0.3) is 0 Å². The van der Waals surface area contributed by atoms with Crippen molar-refractivity contribution in [1.29, 1.82) is 0 Å². The highest BCUT2D eigenvalue weighted by molar-refractivity contribution is 14.1.